The molecule has 0 aromatic rings. The molecule has 0 radical (unpaired) electrons. The van der Waals surface area contributed by atoms with Crippen molar-refractivity contribution in [2.45, 2.75) is 72.1 Å². The average Bonchev–Trinajstić information content (AvgIpc) is 2.34. The Kier molecular flexibility index (Phi) is 4.70. The molecule has 0 heteroatoms. The molecule has 0 nitrogen and oxygen atoms in total. The predicted octanol–water partition coefficient (Wildman–Crippen LogP) is 5.59. The van der Waals surface area contributed by atoms with Crippen LogP contribution < -0.4 is 0 Å². The molecule has 2 aliphatic carbocycles. The minimum atomic E-state index is 0.850. The lowest BCUT2D eigenvalue weighted by Gasteiger charge is -2.35. The number of allylic oxidation sites excluding steroid dienone is 2. The highest BCUT2D eigenvalue weighted by Crippen LogP contribution is 2.40. The third-order valence-corrected chi connectivity index (χ3v) is 5.38. The Bertz CT molecular complexity index is 255. The van der Waals surface area contributed by atoms with Crippen LogP contribution in [0.15, 0.2) is 11.6 Å². The summed E-state index contributed by atoms with van der Waals surface area (Å²) in [6, 6.07) is 0. The van der Waals surface area contributed by atoms with Crippen molar-refractivity contribution < 1.29 is 0 Å². The van der Waals surface area contributed by atoms with Crippen LogP contribution in [-0.4, -0.2) is 0 Å². The zero-order chi connectivity index (χ0) is 12.3. The van der Waals surface area contributed by atoms with Gasteiger partial charge in [0, 0.05) is 0 Å². The molecule has 98 valence electrons. The molecule has 0 heterocycles. The van der Waals surface area contributed by atoms with E-state index < -0.39 is 0 Å². The Balaban J connectivity index is 1.85. The highest BCUT2D eigenvalue weighted by Gasteiger charge is 2.28. The summed E-state index contributed by atoms with van der Waals surface area (Å²) in [6.07, 6.45) is 14.4. The maximum absolute atomic E-state index is 2.62. The monoisotopic (exact) mass is 234 g/mol. The van der Waals surface area contributed by atoms with E-state index in [9.17, 15) is 0 Å². The average molecular weight is 234 g/mol. The maximum Gasteiger partial charge on any atom is -0.0202 e. The summed E-state index contributed by atoms with van der Waals surface area (Å²) >= 11 is 0. The summed E-state index contributed by atoms with van der Waals surface area (Å²) in [6.45, 7) is 7.07. The van der Waals surface area contributed by atoms with Gasteiger partial charge in [-0.3, -0.25) is 0 Å². The van der Waals surface area contributed by atoms with Gasteiger partial charge in [-0.15, -0.1) is 0 Å². The lowest BCUT2D eigenvalue weighted by Crippen LogP contribution is -2.23. The molecule has 1 saturated carbocycles. The van der Waals surface area contributed by atoms with Crippen molar-refractivity contribution in [3.8, 4) is 0 Å². The quantitative estimate of drug-likeness (QED) is 0.559. The predicted molar refractivity (Wildman–Crippen MR) is 76.0 cm³/mol. The van der Waals surface area contributed by atoms with Gasteiger partial charge in [0.1, 0.15) is 0 Å². The van der Waals surface area contributed by atoms with Gasteiger partial charge in [-0.1, -0.05) is 51.2 Å². The SMILES string of the molecule is CCCC1CCC(C2C=C(C)C(C)CC2)CC1. The van der Waals surface area contributed by atoms with Crippen LogP contribution in [0, 0.1) is 23.7 Å². The van der Waals surface area contributed by atoms with Gasteiger partial charge < -0.3 is 0 Å². The first-order chi connectivity index (χ1) is 8.20. The van der Waals surface area contributed by atoms with Gasteiger partial charge in [0.2, 0.25) is 0 Å². The molecule has 2 aliphatic rings. The fourth-order valence-corrected chi connectivity index (χ4v) is 3.94. The molecular formula is C17H30. The summed E-state index contributed by atoms with van der Waals surface area (Å²) in [4.78, 5) is 0. The van der Waals surface area contributed by atoms with Gasteiger partial charge in [-0.05, 0) is 56.3 Å². The Hall–Kier alpha value is -0.260. The Morgan fingerprint density at radius 3 is 2.35 bits per heavy atom. The third-order valence-electron chi connectivity index (χ3n) is 5.38. The van der Waals surface area contributed by atoms with Gasteiger partial charge in [-0.25, -0.2) is 0 Å². The van der Waals surface area contributed by atoms with E-state index in [1.54, 1.807) is 5.57 Å². The van der Waals surface area contributed by atoms with Gasteiger partial charge in [0.05, 0.1) is 0 Å². The summed E-state index contributed by atoms with van der Waals surface area (Å²) < 4.78 is 0. The molecule has 2 atom stereocenters. The second-order valence-corrected chi connectivity index (χ2v) is 6.62. The van der Waals surface area contributed by atoms with Crippen LogP contribution in [0.2, 0.25) is 0 Å². The first-order valence-electron chi connectivity index (χ1n) is 7.89. The van der Waals surface area contributed by atoms with Gasteiger partial charge in [-0.2, -0.15) is 0 Å². The second kappa shape index (κ2) is 6.07. The van der Waals surface area contributed by atoms with Crippen molar-refractivity contribution in [1.29, 1.82) is 0 Å². The van der Waals surface area contributed by atoms with Crippen LogP contribution in [0.3, 0.4) is 0 Å². The van der Waals surface area contributed by atoms with Crippen molar-refractivity contribution in [2.24, 2.45) is 23.7 Å². The Morgan fingerprint density at radius 1 is 1.06 bits per heavy atom. The number of hydrogen-bond donors (Lipinski definition) is 0. The lowest BCUT2D eigenvalue weighted by atomic mass is 9.70. The smallest absolute Gasteiger partial charge is 0.0202 e. The van der Waals surface area contributed by atoms with Crippen molar-refractivity contribution in [2.75, 3.05) is 0 Å². The molecule has 2 unspecified atom stereocenters. The fourth-order valence-electron chi connectivity index (χ4n) is 3.94. The van der Waals surface area contributed by atoms with E-state index in [1.165, 1.54) is 51.4 Å². The molecule has 0 bridgehead atoms. The van der Waals surface area contributed by atoms with E-state index in [4.69, 9.17) is 0 Å². The largest absolute Gasteiger partial charge is 0.0819 e. The Morgan fingerprint density at radius 2 is 1.76 bits per heavy atom. The number of rotatable bonds is 3. The topological polar surface area (TPSA) is 0 Å². The van der Waals surface area contributed by atoms with Crippen LogP contribution in [0.5, 0.6) is 0 Å². The molecule has 0 aromatic carbocycles. The van der Waals surface area contributed by atoms with E-state index in [0.717, 1.165) is 23.7 Å². The van der Waals surface area contributed by atoms with Gasteiger partial charge in [0.15, 0.2) is 0 Å². The molecule has 17 heavy (non-hydrogen) atoms. The zero-order valence-corrected chi connectivity index (χ0v) is 12.0. The molecule has 2 rings (SSSR count). The zero-order valence-electron chi connectivity index (χ0n) is 12.0. The van der Waals surface area contributed by atoms with Gasteiger partial charge >= 0.3 is 0 Å². The molecule has 0 N–H and O–H groups in total. The molecular weight excluding hydrogens is 204 g/mol. The maximum atomic E-state index is 2.62. The molecule has 1 fully saturated rings. The van der Waals surface area contributed by atoms with Crippen molar-refractivity contribution in [3.63, 3.8) is 0 Å². The third kappa shape index (κ3) is 3.36. The fraction of sp³-hybridized carbons (Fsp3) is 0.882. The van der Waals surface area contributed by atoms with Crippen molar-refractivity contribution >= 4 is 0 Å². The van der Waals surface area contributed by atoms with E-state index in [1.807, 2.05) is 0 Å². The van der Waals surface area contributed by atoms with E-state index in [-0.39, 0.29) is 0 Å². The van der Waals surface area contributed by atoms with Gasteiger partial charge in [0.25, 0.3) is 0 Å². The molecule has 0 amide bonds. The standard InChI is InChI=1S/C17H30/c1-4-5-15-7-10-16(11-8-15)17-9-6-13(2)14(3)12-17/h12-13,15-17H,4-11H2,1-3H3. The molecule has 0 saturated heterocycles. The lowest BCUT2D eigenvalue weighted by molar-refractivity contribution is 0.204. The van der Waals surface area contributed by atoms with Crippen LogP contribution in [0.1, 0.15) is 72.1 Å². The minimum Gasteiger partial charge on any atom is -0.0819 e. The van der Waals surface area contributed by atoms with E-state index in [2.05, 4.69) is 26.8 Å². The normalized spacial score (nSPS) is 38.9. The highest BCUT2D eigenvalue weighted by molar-refractivity contribution is 5.09. The second-order valence-electron chi connectivity index (χ2n) is 6.62. The summed E-state index contributed by atoms with van der Waals surface area (Å²) in [5.74, 6) is 3.85. The molecule has 0 aromatic heterocycles. The van der Waals surface area contributed by atoms with Crippen molar-refractivity contribution in [1.82, 2.24) is 0 Å². The first-order valence-corrected chi connectivity index (χ1v) is 7.89. The van der Waals surface area contributed by atoms with Crippen molar-refractivity contribution in [3.05, 3.63) is 11.6 Å². The highest BCUT2D eigenvalue weighted by atomic mass is 14.3. The summed E-state index contributed by atoms with van der Waals surface area (Å²) in [5, 5.41) is 0. The van der Waals surface area contributed by atoms with Crippen LogP contribution in [0.4, 0.5) is 0 Å². The van der Waals surface area contributed by atoms with E-state index in [0.29, 0.717) is 0 Å². The first kappa shape index (κ1) is 13.2. The summed E-state index contributed by atoms with van der Waals surface area (Å²) in [5.41, 5.74) is 1.66. The summed E-state index contributed by atoms with van der Waals surface area (Å²) in [7, 11) is 0. The minimum absolute atomic E-state index is 0.850. The molecule has 0 aliphatic heterocycles. The Labute approximate surface area is 108 Å². The van der Waals surface area contributed by atoms with Crippen LogP contribution >= 0.6 is 0 Å². The van der Waals surface area contributed by atoms with Crippen LogP contribution in [0.25, 0.3) is 0 Å². The number of hydrogen-bond acceptors (Lipinski definition) is 0. The van der Waals surface area contributed by atoms with Crippen LogP contribution in [-0.2, 0) is 0 Å². The van der Waals surface area contributed by atoms with E-state index >= 15 is 0 Å². The molecule has 0 spiro atoms.